The molecule has 1 aromatic carbocycles. The summed E-state index contributed by atoms with van der Waals surface area (Å²) in [6, 6.07) is 5.28. The lowest BCUT2D eigenvalue weighted by Crippen LogP contribution is -2.04. The van der Waals surface area contributed by atoms with Gasteiger partial charge in [-0.3, -0.25) is 0 Å². The highest BCUT2D eigenvalue weighted by Gasteiger charge is 2.06. The third-order valence-corrected chi connectivity index (χ3v) is 1.91. The Morgan fingerprint density at radius 1 is 1.42 bits per heavy atom. The van der Waals surface area contributed by atoms with Crippen LogP contribution >= 0.6 is 0 Å². The van der Waals surface area contributed by atoms with Crippen molar-refractivity contribution in [1.82, 2.24) is 0 Å². The number of nitrogens with one attached hydrogen (secondary N) is 1. The standard InChI is InChI=1S/C9H11NO2/c11-8-1-2-9-7(5-8)6-12-4-3-10-9/h1-2,5,10-11H,3-4,6H2. The monoisotopic (exact) mass is 165 g/mol. The highest BCUT2D eigenvalue weighted by Crippen LogP contribution is 2.23. The lowest BCUT2D eigenvalue weighted by atomic mass is 10.2. The van der Waals surface area contributed by atoms with Crippen molar-refractivity contribution in [3.8, 4) is 5.75 Å². The summed E-state index contributed by atoms with van der Waals surface area (Å²) in [5.41, 5.74) is 2.08. The molecule has 0 aliphatic carbocycles. The number of rotatable bonds is 0. The third-order valence-electron chi connectivity index (χ3n) is 1.91. The second-order valence-electron chi connectivity index (χ2n) is 2.82. The molecule has 0 radical (unpaired) electrons. The third kappa shape index (κ3) is 1.36. The van der Waals surface area contributed by atoms with E-state index >= 15 is 0 Å². The van der Waals surface area contributed by atoms with E-state index in [0.29, 0.717) is 12.4 Å². The molecule has 0 aromatic heterocycles. The quantitative estimate of drug-likeness (QED) is 0.570. The minimum absolute atomic E-state index is 0.293. The number of fused-ring (bicyclic) bond motifs is 1. The van der Waals surface area contributed by atoms with Gasteiger partial charge in [0.1, 0.15) is 5.75 Å². The Kier molecular flexibility index (Phi) is 1.87. The fourth-order valence-electron chi connectivity index (χ4n) is 1.31. The van der Waals surface area contributed by atoms with E-state index in [-0.39, 0.29) is 0 Å². The Balaban J connectivity index is 2.36. The van der Waals surface area contributed by atoms with Crippen LogP contribution in [-0.4, -0.2) is 18.3 Å². The normalized spacial score (nSPS) is 16.0. The Morgan fingerprint density at radius 2 is 2.33 bits per heavy atom. The van der Waals surface area contributed by atoms with Crippen molar-refractivity contribution >= 4 is 5.69 Å². The van der Waals surface area contributed by atoms with Crippen molar-refractivity contribution < 1.29 is 9.84 Å². The number of phenolic OH excluding ortho intramolecular Hbond substituents is 1. The van der Waals surface area contributed by atoms with Crippen molar-refractivity contribution in [1.29, 1.82) is 0 Å². The zero-order chi connectivity index (χ0) is 8.39. The van der Waals surface area contributed by atoms with Crippen molar-refractivity contribution in [3.63, 3.8) is 0 Å². The first-order valence-corrected chi connectivity index (χ1v) is 4.00. The second-order valence-corrected chi connectivity index (χ2v) is 2.82. The molecule has 2 rings (SSSR count). The smallest absolute Gasteiger partial charge is 0.116 e. The van der Waals surface area contributed by atoms with Crippen LogP contribution in [0.5, 0.6) is 5.75 Å². The molecule has 0 saturated carbocycles. The highest BCUT2D eigenvalue weighted by molar-refractivity contribution is 5.54. The summed E-state index contributed by atoms with van der Waals surface area (Å²) in [5.74, 6) is 0.293. The lowest BCUT2D eigenvalue weighted by Gasteiger charge is -2.05. The molecule has 1 aliphatic heterocycles. The van der Waals surface area contributed by atoms with Crippen LogP contribution in [0.1, 0.15) is 5.56 Å². The number of hydrogen-bond donors (Lipinski definition) is 2. The Labute approximate surface area is 71.0 Å². The number of anilines is 1. The molecule has 1 heterocycles. The Hall–Kier alpha value is -1.22. The van der Waals surface area contributed by atoms with Gasteiger partial charge in [0.2, 0.25) is 0 Å². The Bertz CT molecular complexity index is 286. The van der Waals surface area contributed by atoms with E-state index in [9.17, 15) is 5.11 Å². The fraction of sp³-hybridized carbons (Fsp3) is 0.333. The molecule has 0 spiro atoms. The molecule has 1 aliphatic rings. The summed E-state index contributed by atoms with van der Waals surface area (Å²) >= 11 is 0. The predicted molar refractivity (Wildman–Crippen MR) is 46.3 cm³/mol. The number of aromatic hydroxyl groups is 1. The number of phenols is 1. The van der Waals surface area contributed by atoms with Gasteiger partial charge in [0.15, 0.2) is 0 Å². The molecule has 0 fully saturated rings. The number of hydrogen-bond acceptors (Lipinski definition) is 3. The van der Waals surface area contributed by atoms with Gasteiger partial charge in [-0.15, -0.1) is 0 Å². The van der Waals surface area contributed by atoms with Gasteiger partial charge in [-0.25, -0.2) is 0 Å². The summed E-state index contributed by atoms with van der Waals surface area (Å²) < 4.78 is 5.30. The summed E-state index contributed by atoms with van der Waals surface area (Å²) in [5, 5.41) is 12.4. The van der Waals surface area contributed by atoms with Crippen LogP contribution in [0.25, 0.3) is 0 Å². The predicted octanol–water partition coefficient (Wildman–Crippen LogP) is 1.33. The minimum atomic E-state index is 0.293. The fourth-order valence-corrected chi connectivity index (χ4v) is 1.31. The molecule has 0 bridgehead atoms. The first-order valence-electron chi connectivity index (χ1n) is 4.00. The molecule has 0 saturated heterocycles. The van der Waals surface area contributed by atoms with E-state index in [1.165, 1.54) is 0 Å². The van der Waals surface area contributed by atoms with E-state index in [2.05, 4.69) is 5.32 Å². The average Bonchev–Trinajstić information content (AvgIpc) is 2.28. The molecule has 0 atom stereocenters. The molecule has 3 heteroatoms. The van der Waals surface area contributed by atoms with Crippen LogP contribution in [0.3, 0.4) is 0 Å². The zero-order valence-corrected chi connectivity index (χ0v) is 6.71. The maximum absolute atomic E-state index is 9.20. The van der Waals surface area contributed by atoms with Crippen LogP contribution in [0.15, 0.2) is 18.2 Å². The first-order chi connectivity index (χ1) is 5.86. The molecular weight excluding hydrogens is 154 g/mol. The number of ether oxygens (including phenoxy) is 1. The summed E-state index contributed by atoms with van der Waals surface area (Å²) in [6.45, 7) is 2.13. The van der Waals surface area contributed by atoms with E-state index < -0.39 is 0 Å². The van der Waals surface area contributed by atoms with Gasteiger partial charge in [-0.05, 0) is 18.2 Å². The molecule has 0 amide bonds. The molecule has 0 unspecified atom stereocenters. The van der Waals surface area contributed by atoms with Crippen LogP contribution in [0.2, 0.25) is 0 Å². The van der Waals surface area contributed by atoms with Crippen LogP contribution in [0.4, 0.5) is 5.69 Å². The maximum Gasteiger partial charge on any atom is 0.116 e. The average molecular weight is 165 g/mol. The van der Waals surface area contributed by atoms with E-state index in [0.717, 1.165) is 24.4 Å². The van der Waals surface area contributed by atoms with E-state index in [4.69, 9.17) is 4.74 Å². The molecule has 2 N–H and O–H groups in total. The SMILES string of the molecule is Oc1ccc2c(c1)COCCN2. The lowest BCUT2D eigenvalue weighted by molar-refractivity contribution is 0.134. The first kappa shape index (κ1) is 7.43. The van der Waals surface area contributed by atoms with Gasteiger partial charge in [-0.2, -0.15) is 0 Å². The van der Waals surface area contributed by atoms with Gasteiger partial charge in [0, 0.05) is 17.8 Å². The molecule has 1 aromatic rings. The van der Waals surface area contributed by atoms with Crippen LogP contribution in [-0.2, 0) is 11.3 Å². The Morgan fingerprint density at radius 3 is 3.25 bits per heavy atom. The molecule has 12 heavy (non-hydrogen) atoms. The van der Waals surface area contributed by atoms with Crippen molar-refractivity contribution in [2.45, 2.75) is 6.61 Å². The highest BCUT2D eigenvalue weighted by atomic mass is 16.5. The zero-order valence-electron chi connectivity index (χ0n) is 6.71. The van der Waals surface area contributed by atoms with Gasteiger partial charge in [0.25, 0.3) is 0 Å². The van der Waals surface area contributed by atoms with Gasteiger partial charge >= 0.3 is 0 Å². The topological polar surface area (TPSA) is 41.5 Å². The largest absolute Gasteiger partial charge is 0.508 e. The van der Waals surface area contributed by atoms with Crippen molar-refractivity contribution in [2.75, 3.05) is 18.5 Å². The molecule has 64 valence electrons. The summed E-state index contributed by atoms with van der Waals surface area (Å²) in [4.78, 5) is 0. The van der Waals surface area contributed by atoms with Crippen LogP contribution < -0.4 is 5.32 Å². The number of benzene rings is 1. The van der Waals surface area contributed by atoms with E-state index in [1.807, 2.05) is 6.07 Å². The summed E-state index contributed by atoms with van der Waals surface area (Å²) in [6.07, 6.45) is 0. The van der Waals surface area contributed by atoms with Gasteiger partial charge < -0.3 is 15.2 Å². The summed E-state index contributed by atoms with van der Waals surface area (Å²) in [7, 11) is 0. The molecular formula is C9H11NO2. The van der Waals surface area contributed by atoms with Crippen LogP contribution in [0, 0.1) is 0 Å². The maximum atomic E-state index is 9.20. The minimum Gasteiger partial charge on any atom is -0.508 e. The van der Waals surface area contributed by atoms with Crippen molar-refractivity contribution in [3.05, 3.63) is 23.8 Å². The van der Waals surface area contributed by atoms with Gasteiger partial charge in [-0.1, -0.05) is 0 Å². The van der Waals surface area contributed by atoms with Crippen molar-refractivity contribution in [2.24, 2.45) is 0 Å². The van der Waals surface area contributed by atoms with Gasteiger partial charge in [0.05, 0.1) is 13.2 Å². The van der Waals surface area contributed by atoms with E-state index in [1.54, 1.807) is 12.1 Å². The molecule has 3 nitrogen and oxygen atoms in total. The second kappa shape index (κ2) is 3.03.